The third-order valence-electron chi connectivity index (χ3n) is 9.76. The lowest BCUT2D eigenvalue weighted by atomic mass is 9.52. The van der Waals surface area contributed by atoms with E-state index in [0.717, 1.165) is 55.0 Å². The van der Waals surface area contributed by atoms with Crippen molar-refractivity contribution >= 4 is 39.0 Å². The van der Waals surface area contributed by atoms with Crippen LogP contribution in [0.2, 0.25) is 0 Å². The Labute approximate surface area is 241 Å². The number of piperazine rings is 1. The number of anilines is 4. The summed E-state index contributed by atoms with van der Waals surface area (Å²) in [5.74, 6) is 2.05. The molecule has 3 unspecified atom stereocenters. The van der Waals surface area contributed by atoms with Crippen molar-refractivity contribution in [3.8, 4) is 0 Å². The molecule has 41 heavy (non-hydrogen) atoms. The number of pyridine rings is 1. The molecule has 3 heterocycles. The van der Waals surface area contributed by atoms with E-state index in [-0.39, 0.29) is 6.04 Å². The molecule has 4 saturated carbocycles. The summed E-state index contributed by atoms with van der Waals surface area (Å²) < 4.78 is 25.2. The van der Waals surface area contributed by atoms with Crippen molar-refractivity contribution in [1.29, 1.82) is 0 Å². The van der Waals surface area contributed by atoms with E-state index >= 15 is 0 Å². The highest BCUT2D eigenvalue weighted by molar-refractivity contribution is 7.88. The van der Waals surface area contributed by atoms with Gasteiger partial charge < -0.3 is 25.1 Å². The van der Waals surface area contributed by atoms with Crippen LogP contribution in [0.1, 0.15) is 32.1 Å². The Morgan fingerprint density at radius 1 is 0.976 bits per heavy atom. The fourth-order valence-electron chi connectivity index (χ4n) is 8.15. The number of fused-ring (bicyclic) bond motifs is 1. The average Bonchev–Trinajstić information content (AvgIpc) is 2.94. The Morgan fingerprint density at radius 3 is 2.32 bits per heavy atom. The number of carbonyl (C=O) groups excluding carboxylic acids is 1. The summed E-state index contributed by atoms with van der Waals surface area (Å²) in [6.45, 7) is 3.22. The summed E-state index contributed by atoms with van der Waals surface area (Å²) in [6.07, 6.45) is 7.28. The van der Waals surface area contributed by atoms with Gasteiger partial charge in [0, 0.05) is 38.8 Å². The third-order valence-corrected chi connectivity index (χ3v) is 11.1. The molecule has 220 valence electrons. The van der Waals surface area contributed by atoms with E-state index in [1.165, 1.54) is 10.6 Å². The molecule has 8 rings (SSSR count). The van der Waals surface area contributed by atoms with Crippen LogP contribution in [-0.4, -0.2) is 86.1 Å². The number of hydrogen-bond donors (Lipinski definition) is 2. The van der Waals surface area contributed by atoms with Gasteiger partial charge in [0.05, 0.1) is 41.7 Å². The number of hydroxylamine groups is 1. The first kappa shape index (κ1) is 26.8. The predicted octanol–water partition coefficient (Wildman–Crippen LogP) is 2.70. The third kappa shape index (κ3) is 5.10. The maximum absolute atomic E-state index is 13.1. The first-order valence-electron chi connectivity index (χ1n) is 14.7. The summed E-state index contributed by atoms with van der Waals surface area (Å²) in [4.78, 5) is 28.0. The Hall–Kier alpha value is -3.09. The van der Waals surface area contributed by atoms with Gasteiger partial charge >= 0.3 is 6.09 Å². The van der Waals surface area contributed by atoms with E-state index in [1.54, 1.807) is 5.06 Å². The van der Waals surface area contributed by atoms with Gasteiger partial charge in [-0.3, -0.25) is 0 Å². The van der Waals surface area contributed by atoms with Gasteiger partial charge in [-0.05, 0) is 74.1 Å². The van der Waals surface area contributed by atoms with Crippen LogP contribution in [0, 0.1) is 17.8 Å². The predicted molar refractivity (Wildman–Crippen MR) is 156 cm³/mol. The minimum Gasteiger partial charge on any atom is -0.390 e. The Bertz CT molecular complexity index is 1400. The lowest BCUT2D eigenvalue weighted by Gasteiger charge is -2.57. The van der Waals surface area contributed by atoms with Crippen molar-refractivity contribution in [1.82, 2.24) is 14.6 Å². The minimum absolute atomic E-state index is 0.0646. The fraction of sp³-hybridized carbons (Fsp3) is 0.586. The van der Waals surface area contributed by atoms with Crippen LogP contribution in [0.15, 0.2) is 42.6 Å². The van der Waals surface area contributed by atoms with Crippen LogP contribution in [-0.2, 0) is 14.9 Å². The van der Waals surface area contributed by atoms with Crippen LogP contribution in [0.3, 0.4) is 0 Å². The fourth-order valence-corrected chi connectivity index (χ4v) is 8.98. The zero-order valence-electron chi connectivity index (χ0n) is 23.4. The van der Waals surface area contributed by atoms with Gasteiger partial charge in [0.2, 0.25) is 10.0 Å². The molecule has 5 fully saturated rings. The van der Waals surface area contributed by atoms with Gasteiger partial charge in [-0.1, -0.05) is 12.1 Å². The molecule has 4 bridgehead atoms. The summed E-state index contributed by atoms with van der Waals surface area (Å²) in [6, 6.07) is 12.0. The number of sulfonamides is 1. The van der Waals surface area contributed by atoms with Crippen molar-refractivity contribution < 1.29 is 23.2 Å². The number of nitrogens with zero attached hydrogens (tertiary/aromatic N) is 5. The van der Waals surface area contributed by atoms with Gasteiger partial charge in [-0.2, -0.15) is 4.31 Å². The van der Waals surface area contributed by atoms with Gasteiger partial charge in [0.1, 0.15) is 5.82 Å². The molecule has 2 N–H and O–H groups in total. The minimum atomic E-state index is -3.18. The van der Waals surface area contributed by atoms with Crippen molar-refractivity contribution in [3.63, 3.8) is 0 Å². The standard InChI is InChI=1S/C29H38N6O5S/c1-41(38,39)33-10-8-32(9-11-33)26-7-6-23(19-30-26)34-12-13-35(25-5-3-2-4-24(25)34)40-28(36)31-27-21-14-20-15-22(27)18-29(37,16-20)17-21/h2-7,19-22,27,37H,8-18H2,1H3,(H,31,36)/t20?,21-,22+,27?,29?. The highest BCUT2D eigenvalue weighted by atomic mass is 32.2. The summed E-state index contributed by atoms with van der Waals surface area (Å²) in [5.41, 5.74) is 2.15. The molecular weight excluding hydrogens is 544 g/mol. The van der Waals surface area contributed by atoms with Crippen LogP contribution >= 0.6 is 0 Å². The monoisotopic (exact) mass is 582 g/mol. The normalized spacial score (nSPS) is 31.2. The smallest absolute Gasteiger partial charge is 0.390 e. The molecular formula is C29H38N6O5S. The highest BCUT2D eigenvalue weighted by Gasteiger charge is 2.55. The second-order valence-electron chi connectivity index (χ2n) is 12.5. The number of benzene rings is 1. The zero-order chi connectivity index (χ0) is 28.4. The zero-order valence-corrected chi connectivity index (χ0v) is 24.2. The maximum Gasteiger partial charge on any atom is 0.431 e. The van der Waals surface area contributed by atoms with E-state index < -0.39 is 21.7 Å². The number of aliphatic hydroxyl groups is 1. The van der Waals surface area contributed by atoms with Crippen molar-refractivity contribution in [2.24, 2.45) is 17.8 Å². The number of aromatic nitrogens is 1. The topological polar surface area (TPSA) is 119 Å². The van der Waals surface area contributed by atoms with Crippen LogP contribution in [0.5, 0.6) is 0 Å². The van der Waals surface area contributed by atoms with Crippen LogP contribution in [0.4, 0.5) is 27.7 Å². The molecule has 0 radical (unpaired) electrons. The number of carbonyl (C=O) groups is 1. The van der Waals surface area contributed by atoms with Crippen LogP contribution in [0.25, 0.3) is 0 Å². The molecule has 12 heteroatoms. The van der Waals surface area contributed by atoms with E-state index in [4.69, 9.17) is 9.82 Å². The molecule has 1 saturated heterocycles. The highest BCUT2D eigenvalue weighted by Crippen LogP contribution is 2.55. The summed E-state index contributed by atoms with van der Waals surface area (Å²) in [5, 5.41) is 15.7. The summed E-state index contributed by atoms with van der Waals surface area (Å²) in [7, 11) is -3.18. The van der Waals surface area contributed by atoms with Gasteiger partial charge in [0.25, 0.3) is 0 Å². The molecule has 1 aromatic carbocycles. The molecule has 11 nitrogen and oxygen atoms in total. The molecule has 4 aliphatic carbocycles. The number of rotatable bonds is 5. The quantitative estimate of drug-likeness (QED) is 0.549. The number of amides is 1. The molecule has 1 amide bonds. The van der Waals surface area contributed by atoms with Gasteiger partial charge in [0.15, 0.2) is 0 Å². The number of nitrogens with one attached hydrogen (secondary N) is 1. The second-order valence-corrected chi connectivity index (χ2v) is 14.5. The Kier molecular flexibility index (Phi) is 6.55. The first-order chi connectivity index (χ1) is 19.6. The lowest BCUT2D eigenvalue weighted by Crippen LogP contribution is -2.62. The van der Waals surface area contributed by atoms with Crippen molar-refractivity contribution in [3.05, 3.63) is 42.6 Å². The SMILES string of the molecule is CS(=O)(=O)N1CCN(c2ccc(N3CCN(OC(=O)NC4[C@@H]5CC6C[C@H]4CC(O)(C6)C5)c4ccccc43)cn2)CC1. The van der Waals surface area contributed by atoms with Crippen LogP contribution < -0.4 is 20.2 Å². The summed E-state index contributed by atoms with van der Waals surface area (Å²) >= 11 is 0. The van der Waals surface area contributed by atoms with Gasteiger partial charge in [-0.25, -0.2) is 23.3 Å². The molecule has 2 aliphatic heterocycles. The lowest BCUT2D eigenvalue weighted by molar-refractivity contribution is -0.137. The maximum atomic E-state index is 13.1. The largest absolute Gasteiger partial charge is 0.431 e. The molecule has 6 aliphatic rings. The molecule has 1 aromatic heterocycles. The van der Waals surface area contributed by atoms with E-state index in [1.807, 2.05) is 42.6 Å². The van der Waals surface area contributed by atoms with E-state index in [2.05, 4.69) is 15.1 Å². The average molecular weight is 583 g/mol. The molecule has 2 aromatic rings. The number of para-hydroxylation sites is 2. The number of hydrogen-bond acceptors (Lipinski definition) is 9. The van der Waals surface area contributed by atoms with Crippen molar-refractivity contribution in [2.75, 3.05) is 60.4 Å². The molecule has 5 atom stereocenters. The Morgan fingerprint density at radius 2 is 1.68 bits per heavy atom. The molecule has 0 spiro atoms. The van der Waals surface area contributed by atoms with E-state index in [0.29, 0.717) is 57.0 Å². The van der Waals surface area contributed by atoms with E-state index in [9.17, 15) is 18.3 Å². The van der Waals surface area contributed by atoms with Crippen molar-refractivity contribution in [2.45, 2.75) is 43.7 Å². The second kappa shape index (κ2) is 10.0. The first-order valence-corrected chi connectivity index (χ1v) is 16.5. The Balaban J connectivity index is 1.01. The van der Waals surface area contributed by atoms with Gasteiger partial charge in [-0.15, -0.1) is 0 Å².